The van der Waals surface area contributed by atoms with E-state index in [2.05, 4.69) is 26.4 Å². The van der Waals surface area contributed by atoms with Crippen LogP contribution in [0.5, 0.6) is 5.75 Å². The highest BCUT2D eigenvalue weighted by Crippen LogP contribution is 2.23. The van der Waals surface area contributed by atoms with Crippen LogP contribution in [0.25, 0.3) is 0 Å². The fourth-order valence-electron chi connectivity index (χ4n) is 2.05. The number of benzene rings is 1. The number of aryl methyl sites for hydroxylation is 1. The van der Waals surface area contributed by atoms with Gasteiger partial charge in [-0.15, -0.1) is 0 Å². The van der Waals surface area contributed by atoms with Gasteiger partial charge in [0.15, 0.2) is 0 Å². The summed E-state index contributed by atoms with van der Waals surface area (Å²) in [6, 6.07) is 5.66. The molecule has 0 spiro atoms. The van der Waals surface area contributed by atoms with E-state index in [1.54, 1.807) is 14.0 Å². The molecule has 0 saturated heterocycles. The van der Waals surface area contributed by atoms with Gasteiger partial charge in [-0.05, 0) is 43.1 Å². The first-order valence-electron chi connectivity index (χ1n) is 6.71. The van der Waals surface area contributed by atoms with Gasteiger partial charge >= 0.3 is 0 Å². The van der Waals surface area contributed by atoms with Crippen molar-refractivity contribution >= 4 is 33.4 Å². The number of hydrogen-bond donors (Lipinski definition) is 1. The Kier molecular flexibility index (Phi) is 5.85. The molecule has 0 saturated carbocycles. The molecule has 0 atom stereocenters. The maximum atomic E-state index is 12.0. The van der Waals surface area contributed by atoms with E-state index in [0.717, 1.165) is 21.3 Å². The first-order chi connectivity index (χ1) is 10.5. The van der Waals surface area contributed by atoms with Gasteiger partial charge in [0.1, 0.15) is 5.75 Å². The molecule has 1 aromatic carbocycles. The van der Waals surface area contributed by atoms with Crippen LogP contribution in [0.15, 0.2) is 27.2 Å². The summed E-state index contributed by atoms with van der Waals surface area (Å²) < 4.78 is 11.1. The molecule has 0 fully saturated rings. The van der Waals surface area contributed by atoms with Crippen molar-refractivity contribution in [3.63, 3.8) is 0 Å². The first-order valence-corrected chi connectivity index (χ1v) is 7.88. The minimum Gasteiger partial charge on any atom is -0.496 e. The van der Waals surface area contributed by atoms with Crippen LogP contribution in [0.3, 0.4) is 0 Å². The Morgan fingerprint density at radius 3 is 2.91 bits per heavy atom. The normalized spacial score (nSPS) is 10.5. The molecule has 0 bridgehead atoms. The fraction of sp³-hybridized carbons (Fsp3) is 0.333. The fourth-order valence-corrected chi connectivity index (χ4v) is 2.72. The molecule has 1 N–H and O–H groups in total. The van der Waals surface area contributed by atoms with Gasteiger partial charge in [-0.1, -0.05) is 21.1 Å². The van der Waals surface area contributed by atoms with E-state index in [-0.39, 0.29) is 11.1 Å². The SMILES string of the molecule is COc1ccc(Br)cc1CNC(=O)CCc1c(C)noc1Cl. The van der Waals surface area contributed by atoms with Crippen molar-refractivity contribution in [2.24, 2.45) is 0 Å². The number of carbonyl (C=O) groups excluding carboxylic acids is 1. The third-order valence-corrected chi connectivity index (χ3v) is 4.05. The molecule has 0 radical (unpaired) electrons. The molecule has 2 rings (SSSR count). The average Bonchev–Trinajstić information content (AvgIpc) is 2.82. The molecule has 0 aliphatic carbocycles. The van der Waals surface area contributed by atoms with Crippen LogP contribution in [0, 0.1) is 6.92 Å². The van der Waals surface area contributed by atoms with Gasteiger partial charge in [0.2, 0.25) is 11.1 Å². The Morgan fingerprint density at radius 2 is 2.27 bits per heavy atom. The second-order valence-corrected chi connectivity index (χ2v) is 6.01. The second-order valence-electron chi connectivity index (χ2n) is 4.75. The molecule has 118 valence electrons. The van der Waals surface area contributed by atoms with Gasteiger partial charge < -0.3 is 14.6 Å². The van der Waals surface area contributed by atoms with E-state index < -0.39 is 0 Å². The van der Waals surface area contributed by atoms with E-state index in [1.165, 1.54) is 0 Å². The predicted octanol–water partition coefficient (Wildman–Crippen LogP) is 3.66. The number of ether oxygens (including phenoxy) is 1. The zero-order valence-corrected chi connectivity index (χ0v) is 14.6. The van der Waals surface area contributed by atoms with Gasteiger partial charge in [0.05, 0.1) is 12.8 Å². The number of methoxy groups -OCH3 is 1. The van der Waals surface area contributed by atoms with E-state index in [1.807, 2.05) is 18.2 Å². The van der Waals surface area contributed by atoms with Crippen molar-refractivity contribution in [2.45, 2.75) is 26.3 Å². The lowest BCUT2D eigenvalue weighted by molar-refractivity contribution is -0.121. The zero-order chi connectivity index (χ0) is 16.1. The molecule has 0 aliphatic rings. The van der Waals surface area contributed by atoms with Crippen LogP contribution in [0.2, 0.25) is 5.22 Å². The summed E-state index contributed by atoms with van der Waals surface area (Å²) in [6.07, 6.45) is 0.813. The third-order valence-electron chi connectivity index (χ3n) is 3.26. The number of rotatable bonds is 6. The van der Waals surface area contributed by atoms with Crippen molar-refractivity contribution in [3.05, 3.63) is 44.7 Å². The van der Waals surface area contributed by atoms with Gasteiger partial charge in [-0.3, -0.25) is 4.79 Å². The van der Waals surface area contributed by atoms with E-state index >= 15 is 0 Å². The lowest BCUT2D eigenvalue weighted by Crippen LogP contribution is -2.23. The quantitative estimate of drug-likeness (QED) is 0.821. The van der Waals surface area contributed by atoms with Crippen molar-refractivity contribution in [1.29, 1.82) is 0 Å². The molecule has 1 amide bonds. The lowest BCUT2D eigenvalue weighted by Gasteiger charge is -2.10. The summed E-state index contributed by atoms with van der Waals surface area (Å²) in [7, 11) is 1.60. The van der Waals surface area contributed by atoms with Crippen LogP contribution in [0.1, 0.15) is 23.2 Å². The minimum absolute atomic E-state index is 0.0707. The molecular formula is C15H16BrClN2O3. The number of aromatic nitrogens is 1. The largest absolute Gasteiger partial charge is 0.496 e. The molecule has 1 heterocycles. The van der Waals surface area contributed by atoms with Crippen LogP contribution in [-0.2, 0) is 17.8 Å². The molecule has 2 aromatic rings. The Hall–Kier alpha value is -1.53. The molecular weight excluding hydrogens is 372 g/mol. The smallest absolute Gasteiger partial charge is 0.229 e. The Bertz CT molecular complexity index is 653. The number of nitrogens with zero attached hydrogens (tertiary/aromatic N) is 1. The van der Waals surface area contributed by atoms with Gasteiger partial charge in [-0.25, -0.2) is 0 Å². The van der Waals surface area contributed by atoms with Crippen LogP contribution >= 0.6 is 27.5 Å². The van der Waals surface area contributed by atoms with Crippen molar-refractivity contribution in [1.82, 2.24) is 10.5 Å². The topological polar surface area (TPSA) is 64.4 Å². The molecule has 0 aliphatic heterocycles. The average molecular weight is 388 g/mol. The van der Waals surface area contributed by atoms with Crippen LogP contribution in [-0.4, -0.2) is 18.2 Å². The second kappa shape index (κ2) is 7.65. The summed E-state index contributed by atoms with van der Waals surface area (Å²) in [5.41, 5.74) is 2.40. The molecule has 0 unspecified atom stereocenters. The maximum Gasteiger partial charge on any atom is 0.229 e. The minimum atomic E-state index is -0.0707. The predicted molar refractivity (Wildman–Crippen MR) is 87.1 cm³/mol. The zero-order valence-electron chi connectivity index (χ0n) is 12.3. The monoisotopic (exact) mass is 386 g/mol. The van der Waals surface area contributed by atoms with E-state index in [4.69, 9.17) is 20.9 Å². The highest BCUT2D eigenvalue weighted by atomic mass is 79.9. The summed E-state index contributed by atoms with van der Waals surface area (Å²) in [4.78, 5) is 12.0. The molecule has 7 heteroatoms. The standard InChI is InChI=1S/C15H16BrClN2O3/c1-9-12(15(17)22-19-9)4-6-14(20)18-8-10-7-11(16)3-5-13(10)21-2/h3,5,7H,4,6,8H2,1-2H3,(H,18,20). The Balaban J connectivity index is 1.89. The highest BCUT2D eigenvalue weighted by molar-refractivity contribution is 9.10. The number of halogens is 2. The third kappa shape index (κ3) is 4.24. The maximum absolute atomic E-state index is 12.0. The van der Waals surface area contributed by atoms with E-state index in [0.29, 0.717) is 25.1 Å². The highest BCUT2D eigenvalue weighted by Gasteiger charge is 2.13. The van der Waals surface area contributed by atoms with Crippen molar-refractivity contribution in [2.75, 3.05) is 7.11 Å². The Labute approximate surface area is 142 Å². The van der Waals surface area contributed by atoms with Crippen LogP contribution < -0.4 is 10.1 Å². The van der Waals surface area contributed by atoms with Crippen LogP contribution in [0.4, 0.5) is 0 Å². The van der Waals surface area contributed by atoms with Gasteiger partial charge in [0.25, 0.3) is 0 Å². The van der Waals surface area contributed by atoms with Crippen molar-refractivity contribution < 1.29 is 14.1 Å². The number of amides is 1. The summed E-state index contributed by atoms with van der Waals surface area (Å²) in [5, 5.41) is 6.88. The first kappa shape index (κ1) is 16.8. The number of hydrogen-bond acceptors (Lipinski definition) is 4. The lowest BCUT2D eigenvalue weighted by atomic mass is 10.1. The van der Waals surface area contributed by atoms with Crippen molar-refractivity contribution in [3.8, 4) is 5.75 Å². The van der Waals surface area contributed by atoms with E-state index in [9.17, 15) is 4.79 Å². The molecule has 5 nitrogen and oxygen atoms in total. The number of nitrogens with one attached hydrogen (secondary N) is 1. The molecule has 1 aromatic heterocycles. The number of carbonyl (C=O) groups is 1. The summed E-state index contributed by atoms with van der Waals surface area (Å²) in [6.45, 7) is 2.20. The van der Waals surface area contributed by atoms with Gasteiger partial charge in [0, 0.05) is 28.6 Å². The van der Waals surface area contributed by atoms with Gasteiger partial charge in [-0.2, -0.15) is 0 Å². The molecule has 22 heavy (non-hydrogen) atoms. The summed E-state index contributed by atoms with van der Waals surface area (Å²) >= 11 is 9.28. The Morgan fingerprint density at radius 1 is 1.50 bits per heavy atom. The summed E-state index contributed by atoms with van der Waals surface area (Å²) in [5.74, 6) is 0.667.